The zero-order valence-electron chi connectivity index (χ0n) is 8.31. The van der Waals surface area contributed by atoms with Crippen molar-refractivity contribution in [3.8, 4) is 0 Å². The van der Waals surface area contributed by atoms with Crippen molar-refractivity contribution < 1.29 is 9.53 Å². The predicted octanol–water partition coefficient (Wildman–Crippen LogP) is 1.55. The summed E-state index contributed by atoms with van der Waals surface area (Å²) in [5, 5.41) is 2.32. The lowest BCUT2D eigenvalue weighted by Crippen LogP contribution is -2.30. The third-order valence-corrected chi connectivity index (χ3v) is 1.88. The van der Waals surface area contributed by atoms with Gasteiger partial charge in [0.15, 0.2) is 0 Å². The maximum Gasteiger partial charge on any atom is 0.237 e. The Morgan fingerprint density at radius 3 is 2.69 bits per heavy atom. The minimum absolute atomic E-state index is 0.0894. The fourth-order valence-corrected chi connectivity index (χ4v) is 0.978. The molecule has 0 bridgehead atoms. The number of hydrogen-bond acceptors (Lipinski definition) is 2. The van der Waals surface area contributed by atoms with E-state index in [0.717, 1.165) is 25.9 Å². The summed E-state index contributed by atoms with van der Waals surface area (Å²) in [5.74, 6) is -0.0894. The van der Waals surface area contributed by atoms with Crippen molar-refractivity contribution in [2.24, 2.45) is 0 Å². The van der Waals surface area contributed by atoms with Gasteiger partial charge in [0.2, 0.25) is 5.91 Å². The van der Waals surface area contributed by atoms with E-state index in [1.807, 2.05) is 0 Å². The second-order valence-corrected chi connectivity index (χ2v) is 3.62. The Hall–Kier alpha value is -0.280. The number of alkyl halides is 1. The first kappa shape index (κ1) is 12.7. The quantitative estimate of drug-likeness (QED) is 0.508. The van der Waals surface area contributed by atoms with Gasteiger partial charge in [-0.05, 0) is 26.2 Å². The Balaban J connectivity index is 3.12. The minimum Gasteiger partial charge on any atom is -0.385 e. The molecule has 0 aromatic rings. The van der Waals surface area contributed by atoms with Crippen LogP contribution < -0.4 is 5.32 Å². The second kappa shape index (κ2) is 8.32. The molecule has 0 spiro atoms. The van der Waals surface area contributed by atoms with Crippen LogP contribution in [0.3, 0.4) is 0 Å². The van der Waals surface area contributed by atoms with E-state index >= 15 is 0 Å². The molecule has 1 N–H and O–H groups in total. The van der Waals surface area contributed by atoms with Crippen molar-refractivity contribution in [2.75, 3.05) is 20.3 Å². The van der Waals surface area contributed by atoms with Gasteiger partial charge in [0.1, 0.15) is 5.38 Å². The summed E-state index contributed by atoms with van der Waals surface area (Å²) in [6.07, 6.45) is 3.10. The highest BCUT2D eigenvalue weighted by Gasteiger charge is 2.06. The molecule has 0 aliphatic heterocycles. The highest BCUT2D eigenvalue weighted by Crippen LogP contribution is 1.96. The molecule has 0 aliphatic rings. The van der Waals surface area contributed by atoms with Crippen LogP contribution in [-0.2, 0) is 9.53 Å². The number of rotatable bonds is 7. The number of nitrogens with one attached hydrogen (secondary N) is 1. The fourth-order valence-electron chi connectivity index (χ4n) is 0.900. The van der Waals surface area contributed by atoms with Gasteiger partial charge in [-0.15, -0.1) is 11.6 Å². The summed E-state index contributed by atoms with van der Waals surface area (Å²) in [7, 11) is 1.69. The number of methoxy groups -OCH3 is 1. The van der Waals surface area contributed by atoms with Crippen LogP contribution >= 0.6 is 11.6 Å². The van der Waals surface area contributed by atoms with Crippen molar-refractivity contribution in [2.45, 2.75) is 31.6 Å². The maximum absolute atomic E-state index is 11.0. The lowest BCUT2D eigenvalue weighted by molar-refractivity contribution is -0.120. The van der Waals surface area contributed by atoms with Gasteiger partial charge in [-0.2, -0.15) is 0 Å². The molecule has 0 fully saturated rings. The first-order chi connectivity index (χ1) is 6.18. The van der Waals surface area contributed by atoms with Crippen molar-refractivity contribution in [1.82, 2.24) is 5.32 Å². The van der Waals surface area contributed by atoms with Crippen molar-refractivity contribution >= 4 is 17.5 Å². The SMILES string of the molecule is COCCCCCNC(=O)C(C)Cl. The summed E-state index contributed by atoms with van der Waals surface area (Å²) in [4.78, 5) is 11.0. The van der Waals surface area contributed by atoms with Gasteiger partial charge in [-0.25, -0.2) is 0 Å². The Morgan fingerprint density at radius 2 is 2.15 bits per heavy atom. The average Bonchev–Trinajstić information content (AvgIpc) is 2.10. The van der Waals surface area contributed by atoms with Crippen LogP contribution in [0.5, 0.6) is 0 Å². The van der Waals surface area contributed by atoms with E-state index in [1.54, 1.807) is 14.0 Å². The summed E-state index contributed by atoms with van der Waals surface area (Å²) in [6.45, 7) is 3.17. The molecule has 0 saturated carbocycles. The van der Waals surface area contributed by atoms with Gasteiger partial charge < -0.3 is 10.1 Å². The third kappa shape index (κ3) is 8.06. The molecule has 1 unspecified atom stereocenters. The summed E-state index contributed by atoms with van der Waals surface area (Å²) in [5.41, 5.74) is 0. The number of ether oxygens (including phenoxy) is 1. The zero-order chi connectivity index (χ0) is 10.1. The highest BCUT2D eigenvalue weighted by atomic mass is 35.5. The largest absolute Gasteiger partial charge is 0.385 e. The molecule has 3 nitrogen and oxygen atoms in total. The third-order valence-electron chi connectivity index (χ3n) is 1.69. The fraction of sp³-hybridized carbons (Fsp3) is 0.889. The van der Waals surface area contributed by atoms with E-state index in [2.05, 4.69) is 5.32 Å². The Labute approximate surface area is 84.8 Å². The molecule has 0 aromatic heterocycles. The predicted molar refractivity (Wildman–Crippen MR) is 54.1 cm³/mol. The van der Waals surface area contributed by atoms with Crippen LogP contribution in [0.25, 0.3) is 0 Å². The molecule has 0 aromatic carbocycles. The van der Waals surface area contributed by atoms with Crippen molar-refractivity contribution in [1.29, 1.82) is 0 Å². The minimum atomic E-state index is -0.432. The molecule has 0 saturated heterocycles. The summed E-state index contributed by atoms with van der Waals surface area (Å²) >= 11 is 5.56. The van der Waals surface area contributed by atoms with Gasteiger partial charge in [0, 0.05) is 20.3 Å². The average molecular weight is 208 g/mol. The van der Waals surface area contributed by atoms with Gasteiger partial charge >= 0.3 is 0 Å². The van der Waals surface area contributed by atoms with E-state index in [9.17, 15) is 4.79 Å². The van der Waals surface area contributed by atoms with E-state index in [0.29, 0.717) is 6.54 Å². The van der Waals surface area contributed by atoms with Crippen molar-refractivity contribution in [3.63, 3.8) is 0 Å². The number of carbonyl (C=O) groups excluding carboxylic acids is 1. The molecule has 13 heavy (non-hydrogen) atoms. The number of amides is 1. The second-order valence-electron chi connectivity index (χ2n) is 2.96. The van der Waals surface area contributed by atoms with Crippen LogP contribution in [0.15, 0.2) is 0 Å². The van der Waals surface area contributed by atoms with Crippen molar-refractivity contribution in [3.05, 3.63) is 0 Å². The van der Waals surface area contributed by atoms with E-state index in [4.69, 9.17) is 16.3 Å². The number of unbranched alkanes of at least 4 members (excludes halogenated alkanes) is 2. The molecular formula is C9H18ClNO2. The van der Waals surface area contributed by atoms with Crippen LogP contribution in [0.1, 0.15) is 26.2 Å². The van der Waals surface area contributed by atoms with Crippen LogP contribution in [0.2, 0.25) is 0 Å². The molecule has 78 valence electrons. The lowest BCUT2D eigenvalue weighted by atomic mass is 10.2. The van der Waals surface area contributed by atoms with Gasteiger partial charge in [0.05, 0.1) is 0 Å². The van der Waals surface area contributed by atoms with E-state index in [-0.39, 0.29) is 5.91 Å². The van der Waals surface area contributed by atoms with Gasteiger partial charge in [-0.3, -0.25) is 4.79 Å². The lowest BCUT2D eigenvalue weighted by Gasteiger charge is -2.05. The van der Waals surface area contributed by atoms with Gasteiger partial charge in [-0.1, -0.05) is 0 Å². The number of halogens is 1. The molecule has 1 atom stereocenters. The van der Waals surface area contributed by atoms with Crippen LogP contribution in [-0.4, -0.2) is 31.5 Å². The first-order valence-electron chi connectivity index (χ1n) is 4.59. The normalized spacial score (nSPS) is 12.5. The molecule has 0 heterocycles. The molecule has 4 heteroatoms. The molecular weight excluding hydrogens is 190 g/mol. The van der Waals surface area contributed by atoms with Crippen LogP contribution in [0, 0.1) is 0 Å². The number of hydrogen-bond donors (Lipinski definition) is 1. The van der Waals surface area contributed by atoms with E-state index < -0.39 is 5.38 Å². The standard InChI is InChI=1S/C9H18ClNO2/c1-8(10)9(12)11-6-4-3-5-7-13-2/h8H,3-7H2,1-2H3,(H,11,12). The smallest absolute Gasteiger partial charge is 0.237 e. The summed E-state index contributed by atoms with van der Waals surface area (Å²) in [6, 6.07) is 0. The topological polar surface area (TPSA) is 38.3 Å². The Morgan fingerprint density at radius 1 is 1.46 bits per heavy atom. The maximum atomic E-state index is 11.0. The Bertz CT molecular complexity index is 140. The molecule has 0 aliphatic carbocycles. The molecule has 0 rings (SSSR count). The highest BCUT2D eigenvalue weighted by molar-refractivity contribution is 6.30. The molecule has 1 amide bonds. The van der Waals surface area contributed by atoms with E-state index in [1.165, 1.54) is 0 Å². The summed E-state index contributed by atoms with van der Waals surface area (Å²) < 4.78 is 4.90. The first-order valence-corrected chi connectivity index (χ1v) is 5.03. The number of carbonyl (C=O) groups is 1. The zero-order valence-corrected chi connectivity index (χ0v) is 9.06. The monoisotopic (exact) mass is 207 g/mol. The van der Waals surface area contributed by atoms with Crippen LogP contribution in [0.4, 0.5) is 0 Å². The van der Waals surface area contributed by atoms with Gasteiger partial charge in [0.25, 0.3) is 0 Å². The Kier molecular flexibility index (Phi) is 8.14. The molecule has 0 radical (unpaired) electrons.